The summed E-state index contributed by atoms with van der Waals surface area (Å²) in [7, 11) is 1.67. The summed E-state index contributed by atoms with van der Waals surface area (Å²) in [5.74, 6) is 2.38. The van der Waals surface area contributed by atoms with Crippen LogP contribution in [-0.2, 0) is 0 Å². The molecule has 4 nitrogen and oxygen atoms in total. The summed E-state index contributed by atoms with van der Waals surface area (Å²) in [6, 6.07) is 12.1. The van der Waals surface area contributed by atoms with E-state index in [1.165, 1.54) is 0 Å². The average molecular weight is 422 g/mol. The highest BCUT2D eigenvalue weighted by Gasteiger charge is 2.14. The Morgan fingerprint density at radius 3 is 2.78 bits per heavy atom. The van der Waals surface area contributed by atoms with Crippen LogP contribution in [0.3, 0.4) is 0 Å². The quantitative estimate of drug-likeness (QED) is 0.448. The summed E-state index contributed by atoms with van der Waals surface area (Å²) in [5.41, 5.74) is 2.98. The number of imidazole rings is 1. The summed E-state index contributed by atoms with van der Waals surface area (Å²) in [4.78, 5) is 8.00. The average Bonchev–Trinajstić information content (AvgIpc) is 3.00. The molecule has 120 valence electrons. The Kier molecular flexibility index (Phi) is 5.05. The first-order valence-electron chi connectivity index (χ1n) is 7.68. The molecule has 0 unspecified atom stereocenters. The predicted octanol–water partition coefficient (Wildman–Crippen LogP) is 5.02. The molecule has 1 heterocycles. The number of aromatic nitrogens is 2. The lowest BCUT2D eigenvalue weighted by Crippen LogP contribution is -2.01. The molecule has 2 aromatic carbocycles. The van der Waals surface area contributed by atoms with Crippen LogP contribution in [0.5, 0.6) is 11.5 Å². The van der Waals surface area contributed by atoms with Crippen LogP contribution in [0.1, 0.15) is 19.8 Å². The maximum atomic E-state index is 5.89. The molecule has 23 heavy (non-hydrogen) atoms. The molecule has 0 saturated heterocycles. The van der Waals surface area contributed by atoms with Crippen LogP contribution in [0.2, 0.25) is 0 Å². The number of benzene rings is 2. The van der Waals surface area contributed by atoms with E-state index in [1.807, 2.05) is 30.3 Å². The number of fused-ring (bicyclic) bond motifs is 1. The van der Waals surface area contributed by atoms with Gasteiger partial charge in [-0.2, -0.15) is 0 Å². The fourth-order valence-corrected chi connectivity index (χ4v) is 3.16. The number of hydrogen-bond donors (Lipinski definition) is 1. The number of rotatable bonds is 6. The maximum Gasteiger partial charge on any atom is 0.174 e. The lowest BCUT2D eigenvalue weighted by Gasteiger charge is -2.13. The summed E-state index contributed by atoms with van der Waals surface area (Å²) in [6.07, 6.45) is 2.14. The van der Waals surface area contributed by atoms with Crippen molar-refractivity contribution in [3.8, 4) is 22.9 Å². The highest BCUT2D eigenvalue weighted by atomic mass is 127. The third-order valence-electron chi connectivity index (χ3n) is 3.64. The van der Waals surface area contributed by atoms with E-state index in [2.05, 4.69) is 45.5 Å². The fourth-order valence-electron chi connectivity index (χ4n) is 2.40. The van der Waals surface area contributed by atoms with Gasteiger partial charge in [0.2, 0.25) is 0 Å². The van der Waals surface area contributed by atoms with Crippen LogP contribution >= 0.6 is 22.6 Å². The van der Waals surface area contributed by atoms with E-state index in [9.17, 15) is 0 Å². The van der Waals surface area contributed by atoms with Crippen LogP contribution in [0, 0.1) is 3.57 Å². The number of nitrogens with zero attached hydrogens (tertiary/aromatic N) is 1. The van der Waals surface area contributed by atoms with Gasteiger partial charge >= 0.3 is 0 Å². The van der Waals surface area contributed by atoms with E-state index in [-0.39, 0.29) is 0 Å². The first-order chi connectivity index (χ1) is 11.2. The minimum Gasteiger partial charge on any atom is -0.493 e. The molecule has 5 heteroatoms. The van der Waals surface area contributed by atoms with Crippen molar-refractivity contribution in [3.05, 3.63) is 40.0 Å². The van der Waals surface area contributed by atoms with Crippen LogP contribution < -0.4 is 9.47 Å². The predicted molar refractivity (Wildman–Crippen MR) is 101 cm³/mol. The largest absolute Gasteiger partial charge is 0.493 e. The second kappa shape index (κ2) is 7.21. The molecular weight excluding hydrogens is 403 g/mol. The van der Waals surface area contributed by atoms with Crippen molar-refractivity contribution < 1.29 is 9.47 Å². The first kappa shape index (κ1) is 16.1. The summed E-state index contributed by atoms with van der Waals surface area (Å²) < 4.78 is 12.4. The number of para-hydroxylation sites is 2. The van der Waals surface area contributed by atoms with E-state index in [1.54, 1.807) is 7.11 Å². The molecule has 1 aromatic heterocycles. The number of nitrogens with one attached hydrogen (secondary N) is 1. The van der Waals surface area contributed by atoms with E-state index < -0.39 is 0 Å². The summed E-state index contributed by atoms with van der Waals surface area (Å²) in [6.45, 7) is 2.85. The minimum absolute atomic E-state index is 0.701. The SMILES string of the molecule is CCCCOc1c(I)cc(-c2nc3ccccc3[nH]2)cc1OC. The number of aromatic amines is 1. The van der Waals surface area contributed by atoms with Crippen molar-refractivity contribution in [3.63, 3.8) is 0 Å². The summed E-state index contributed by atoms with van der Waals surface area (Å²) in [5, 5.41) is 0. The van der Waals surface area contributed by atoms with E-state index in [0.717, 1.165) is 50.3 Å². The van der Waals surface area contributed by atoms with Gasteiger partial charge in [-0.1, -0.05) is 25.5 Å². The molecule has 1 N–H and O–H groups in total. The number of halogens is 1. The number of ether oxygens (including phenoxy) is 2. The molecule has 0 bridgehead atoms. The zero-order valence-corrected chi connectivity index (χ0v) is 15.4. The molecule has 3 rings (SSSR count). The molecule has 0 spiro atoms. The van der Waals surface area contributed by atoms with E-state index >= 15 is 0 Å². The fraction of sp³-hybridized carbons (Fsp3) is 0.278. The van der Waals surface area contributed by atoms with Gasteiger partial charge in [-0.25, -0.2) is 4.98 Å². The van der Waals surface area contributed by atoms with Gasteiger partial charge in [0.1, 0.15) is 5.82 Å². The van der Waals surface area contributed by atoms with Crippen molar-refractivity contribution in [2.45, 2.75) is 19.8 Å². The van der Waals surface area contributed by atoms with Crippen LogP contribution in [-0.4, -0.2) is 23.7 Å². The Morgan fingerprint density at radius 1 is 1.22 bits per heavy atom. The van der Waals surface area contributed by atoms with Crippen LogP contribution in [0.4, 0.5) is 0 Å². The van der Waals surface area contributed by atoms with Gasteiger partial charge < -0.3 is 14.5 Å². The molecule has 0 amide bonds. The monoisotopic (exact) mass is 422 g/mol. The number of H-pyrrole nitrogens is 1. The Morgan fingerprint density at radius 2 is 2.04 bits per heavy atom. The van der Waals surface area contributed by atoms with Gasteiger partial charge in [0.15, 0.2) is 11.5 Å². The molecule has 0 aliphatic carbocycles. The topological polar surface area (TPSA) is 47.1 Å². The number of methoxy groups -OCH3 is 1. The zero-order chi connectivity index (χ0) is 16.2. The van der Waals surface area contributed by atoms with Crippen molar-refractivity contribution in [2.75, 3.05) is 13.7 Å². The van der Waals surface area contributed by atoms with Crippen molar-refractivity contribution in [2.24, 2.45) is 0 Å². The number of hydrogen-bond acceptors (Lipinski definition) is 3. The van der Waals surface area contributed by atoms with Gasteiger partial charge in [-0.3, -0.25) is 0 Å². The zero-order valence-electron chi connectivity index (χ0n) is 13.2. The molecule has 0 aliphatic rings. The smallest absolute Gasteiger partial charge is 0.174 e. The molecular formula is C18H19IN2O2. The number of unbranched alkanes of at least 4 members (excludes halogenated alkanes) is 1. The van der Waals surface area contributed by atoms with Gasteiger partial charge in [0.25, 0.3) is 0 Å². The Hall–Kier alpha value is -1.76. The van der Waals surface area contributed by atoms with Gasteiger partial charge in [-0.15, -0.1) is 0 Å². The standard InChI is InChI=1S/C18H19IN2O2/c1-3-4-9-23-17-13(19)10-12(11-16(17)22-2)18-20-14-7-5-6-8-15(14)21-18/h5-8,10-11H,3-4,9H2,1-2H3,(H,20,21). The highest BCUT2D eigenvalue weighted by molar-refractivity contribution is 14.1. The van der Waals surface area contributed by atoms with Gasteiger partial charge in [-0.05, 0) is 53.3 Å². The normalized spacial score (nSPS) is 10.9. The maximum absolute atomic E-state index is 5.89. The van der Waals surface area contributed by atoms with Crippen molar-refractivity contribution >= 4 is 33.6 Å². The van der Waals surface area contributed by atoms with Crippen molar-refractivity contribution in [1.82, 2.24) is 9.97 Å². The summed E-state index contributed by atoms with van der Waals surface area (Å²) >= 11 is 2.29. The third kappa shape index (κ3) is 3.44. The van der Waals surface area contributed by atoms with Crippen LogP contribution in [0.15, 0.2) is 36.4 Å². The first-order valence-corrected chi connectivity index (χ1v) is 8.76. The second-order valence-corrected chi connectivity index (χ2v) is 6.46. The third-order valence-corrected chi connectivity index (χ3v) is 4.44. The van der Waals surface area contributed by atoms with E-state index in [4.69, 9.17) is 9.47 Å². The molecule has 3 aromatic rings. The van der Waals surface area contributed by atoms with Crippen molar-refractivity contribution in [1.29, 1.82) is 0 Å². The molecule has 0 aliphatic heterocycles. The van der Waals surface area contributed by atoms with Gasteiger partial charge in [0, 0.05) is 5.56 Å². The molecule has 0 radical (unpaired) electrons. The lowest BCUT2D eigenvalue weighted by atomic mass is 10.2. The Balaban J connectivity index is 1.98. The lowest BCUT2D eigenvalue weighted by molar-refractivity contribution is 0.286. The Bertz CT molecular complexity index is 781. The Labute approximate surface area is 149 Å². The second-order valence-electron chi connectivity index (χ2n) is 5.29. The minimum atomic E-state index is 0.701. The van der Waals surface area contributed by atoms with E-state index in [0.29, 0.717) is 6.61 Å². The highest BCUT2D eigenvalue weighted by Crippen LogP contribution is 2.37. The van der Waals surface area contributed by atoms with Gasteiger partial charge in [0.05, 0.1) is 28.3 Å². The van der Waals surface area contributed by atoms with Crippen LogP contribution in [0.25, 0.3) is 22.4 Å². The molecule has 0 fully saturated rings. The molecule has 0 saturated carbocycles. The molecule has 0 atom stereocenters.